The third kappa shape index (κ3) is 4.38. The van der Waals surface area contributed by atoms with E-state index in [-0.39, 0.29) is 18.0 Å². The monoisotopic (exact) mass is 336 g/mol. The summed E-state index contributed by atoms with van der Waals surface area (Å²) in [4.78, 5) is 27.1. The van der Waals surface area contributed by atoms with Gasteiger partial charge in [-0.2, -0.15) is 0 Å². The van der Waals surface area contributed by atoms with Crippen molar-refractivity contribution < 1.29 is 24.0 Å². The highest BCUT2D eigenvalue weighted by molar-refractivity contribution is 5.94. The number of piperazine rings is 1. The third-order valence-corrected chi connectivity index (χ3v) is 4.30. The van der Waals surface area contributed by atoms with E-state index in [0.717, 1.165) is 18.0 Å². The number of hydrogen-bond donors (Lipinski definition) is 2. The van der Waals surface area contributed by atoms with Crippen molar-refractivity contribution in [3.63, 3.8) is 0 Å². The van der Waals surface area contributed by atoms with E-state index in [4.69, 9.17) is 9.47 Å². The van der Waals surface area contributed by atoms with Crippen LogP contribution in [0.5, 0.6) is 5.75 Å². The van der Waals surface area contributed by atoms with Crippen LogP contribution in [0.25, 0.3) is 0 Å². The Hall–Kier alpha value is -2.28. The molecule has 0 aromatic heterocycles. The van der Waals surface area contributed by atoms with E-state index in [9.17, 15) is 9.59 Å². The van der Waals surface area contributed by atoms with Crippen molar-refractivity contribution in [1.82, 2.24) is 4.90 Å². The lowest BCUT2D eigenvalue weighted by Gasteiger charge is -2.34. The van der Waals surface area contributed by atoms with E-state index in [2.05, 4.69) is 5.32 Å². The molecular formula is C17H26N3O4+. The van der Waals surface area contributed by atoms with Crippen molar-refractivity contribution in [3.05, 3.63) is 24.3 Å². The molecule has 2 N–H and O–H groups in total. The fourth-order valence-electron chi connectivity index (χ4n) is 2.80. The molecule has 0 radical (unpaired) electrons. The number of ether oxygens (including phenoxy) is 2. The highest BCUT2D eigenvalue weighted by atomic mass is 16.6. The molecule has 0 saturated carbocycles. The summed E-state index contributed by atoms with van der Waals surface area (Å²) in [6.45, 7) is 6.72. The van der Waals surface area contributed by atoms with Crippen LogP contribution >= 0.6 is 0 Å². The molecule has 0 bridgehead atoms. The quantitative estimate of drug-likeness (QED) is 0.815. The molecule has 0 spiro atoms. The Morgan fingerprint density at radius 1 is 1.29 bits per heavy atom. The van der Waals surface area contributed by atoms with Gasteiger partial charge in [0.05, 0.1) is 45.6 Å². The number of methoxy groups -OCH3 is 1. The first-order valence-electron chi connectivity index (χ1n) is 8.27. The average molecular weight is 336 g/mol. The van der Waals surface area contributed by atoms with E-state index < -0.39 is 0 Å². The molecule has 2 amide bonds. The number of rotatable bonds is 5. The minimum absolute atomic E-state index is 0.0564. The standard InChI is InChI=1S/C17H25N3O4/c1-4-24-17(22)20-11-9-19(10-12-20)13(2)16(21)18-14-7-5-6-8-15(14)23-3/h5-8,13H,4,9-12H2,1-3H3,(H,18,21)/p+1/t13-/m1/s1. The number of quaternary nitrogens is 1. The Balaban J connectivity index is 1.89. The predicted octanol–water partition coefficient (Wildman–Crippen LogP) is 0.379. The Morgan fingerprint density at radius 2 is 1.96 bits per heavy atom. The molecule has 24 heavy (non-hydrogen) atoms. The normalized spacial score (nSPS) is 16.4. The van der Waals surface area contributed by atoms with E-state index in [1.807, 2.05) is 31.2 Å². The summed E-state index contributed by atoms with van der Waals surface area (Å²) in [7, 11) is 1.58. The summed E-state index contributed by atoms with van der Waals surface area (Å²) in [5.41, 5.74) is 0.668. The molecular weight excluding hydrogens is 310 g/mol. The number of nitrogens with zero attached hydrogens (tertiary/aromatic N) is 1. The summed E-state index contributed by atoms with van der Waals surface area (Å²) >= 11 is 0. The Bertz CT molecular complexity index is 571. The van der Waals surface area contributed by atoms with Gasteiger partial charge in [-0.25, -0.2) is 4.79 Å². The van der Waals surface area contributed by atoms with Crippen LogP contribution in [0.2, 0.25) is 0 Å². The van der Waals surface area contributed by atoms with Gasteiger partial charge in [-0.3, -0.25) is 9.69 Å². The smallest absolute Gasteiger partial charge is 0.410 e. The fourth-order valence-corrected chi connectivity index (χ4v) is 2.80. The third-order valence-electron chi connectivity index (χ3n) is 4.30. The molecule has 1 saturated heterocycles. The summed E-state index contributed by atoms with van der Waals surface area (Å²) in [5, 5.41) is 2.92. The Morgan fingerprint density at radius 3 is 2.58 bits per heavy atom. The van der Waals surface area contributed by atoms with Gasteiger partial charge >= 0.3 is 6.09 Å². The first-order chi connectivity index (χ1) is 11.6. The number of para-hydroxylation sites is 2. The maximum Gasteiger partial charge on any atom is 0.410 e. The summed E-state index contributed by atoms with van der Waals surface area (Å²) < 4.78 is 10.3. The number of benzene rings is 1. The van der Waals surface area contributed by atoms with Crippen LogP contribution in [0.3, 0.4) is 0 Å². The fraction of sp³-hybridized carbons (Fsp3) is 0.529. The zero-order valence-electron chi connectivity index (χ0n) is 14.5. The van der Waals surface area contributed by atoms with Gasteiger partial charge in [0, 0.05) is 0 Å². The number of hydrogen-bond acceptors (Lipinski definition) is 4. The van der Waals surface area contributed by atoms with Gasteiger partial charge in [0.15, 0.2) is 6.04 Å². The SMILES string of the molecule is CCOC(=O)N1CC[NH+]([C@H](C)C(=O)Nc2ccccc2OC)CC1. The maximum absolute atomic E-state index is 12.5. The van der Waals surface area contributed by atoms with E-state index >= 15 is 0 Å². The largest absolute Gasteiger partial charge is 0.495 e. The molecule has 0 aliphatic carbocycles. The van der Waals surface area contributed by atoms with Crippen LogP contribution in [0.4, 0.5) is 10.5 Å². The van der Waals surface area contributed by atoms with Crippen molar-refractivity contribution >= 4 is 17.7 Å². The topological polar surface area (TPSA) is 72.3 Å². The first-order valence-corrected chi connectivity index (χ1v) is 8.27. The van der Waals surface area contributed by atoms with Gasteiger partial charge in [-0.05, 0) is 26.0 Å². The van der Waals surface area contributed by atoms with Crippen molar-refractivity contribution in [2.45, 2.75) is 19.9 Å². The second kappa shape index (κ2) is 8.54. The second-order valence-electron chi connectivity index (χ2n) is 5.76. The number of amides is 2. The van der Waals surface area contributed by atoms with Crippen LogP contribution in [0.1, 0.15) is 13.8 Å². The van der Waals surface area contributed by atoms with Crippen LogP contribution in [0, 0.1) is 0 Å². The molecule has 1 aliphatic rings. The van der Waals surface area contributed by atoms with E-state index in [1.54, 1.807) is 18.9 Å². The van der Waals surface area contributed by atoms with Crippen LogP contribution in [-0.4, -0.2) is 62.8 Å². The summed E-state index contributed by atoms with van der Waals surface area (Å²) in [5.74, 6) is 0.583. The van der Waals surface area contributed by atoms with Crippen molar-refractivity contribution in [3.8, 4) is 5.75 Å². The van der Waals surface area contributed by atoms with Crippen molar-refractivity contribution in [2.24, 2.45) is 0 Å². The van der Waals surface area contributed by atoms with Gasteiger partial charge in [-0.1, -0.05) is 12.1 Å². The van der Waals surface area contributed by atoms with E-state index in [0.29, 0.717) is 31.1 Å². The van der Waals surface area contributed by atoms with E-state index in [1.165, 1.54) is 0 Å². The Kier molecular flexibility index (Phi) is 6.43. The molecule has 1 heterocycles. The number of carbonyl (C=O) groups is 2. The van der Waals surface area contributed by atoms with Crippen LogP contribution in [-0.2, 0) is 9.53 Å². The second-order valence-corrected chi connectivity index (χ2v) is 5.76. The molecule has 132 valence electrons. The Labute approximate surface area is 142 Å². The molecule has 1 aliphatic heterocycles. The molecule has 2 rings (SSSR count). The number of carbonyl (C=O) groups excluding carboxylic acids is 2. The summed E-state index contributed by atoms with van der Waals surface area (Å²) in [6, 6.07) is 7.13. The van der Waals surface area contributed by atoms with Gasteiger partial charge in [0.1, 0.15) is 5.75 Å². The summed E-state index contributed by atoms with van der Waals surface area (Å²) in [6.07, 6.45) is -0.275. The number of nitrogens with one attached hydrogen (secondary N) is 2. The first kappa shape index (κ1) is 18.1. The highest BCUT2D eigenvalue weighted by Crippen LogP contribution is 2.22. The molecule has 7 heteroatoms. The van der Waals surface area contributed by atoms with Gasteiger partial charge in [0.25, 0.3) is 5.91 Å². The van der Waals surface area contributed by atoms with Gasteiger partial charge in [-0.15, -0.1) is 0 Å². The lowest BCUT2D eigenvalue weighted by Crippen LogP contribution is -3.19. The minimum Gasteiger partial charge on any atom is -0.495 e. The molecule has 1 atom stereocenters. The minimum atomic E-state index is -0.275. The average Bonchev–Trinajstić information content (AvgIpc) is 2.61. The zero-order valence-corrected chi connectivity index (χ0v) is 14.5. The van der Waals surface area contributed by atoms with Gasteiger partial charge in [0.2, 0.25) is 0 Å². The molecule has 1 aromatic carbocycles. The number of anilines is 1. The maximum atomic E-state index is 12.5. The molecule has 1 fully saturated rings. The zero-order chi connectivity index (χ0) is 17.5. The lowest BCUT2D eigenvalue weighted by atomic mass is 10.2. The molecule has 0 unspecified atom stereocenters. The van der Waals surface area contributed by atoms with Gasteiger partial charge < -0.3 is 19.7 Å². The van der Waals surface area contributed by atoms with Crippen LogP contribution in [0.15, 0.2) is 24.3 Å². The van der Waals surface area contributed by atoms with Crippen LogP contribution < -0.4 is 15.0 Å². The van der Waals surface area contributed by atoms with Crippen molar-refractivity contribution in [2.75, 3.05) is 45.2 Å². The highest BCUT2D eigenvalue weighted by Gasteiger charge is 2.31. The van der Waals surface area contributed by atoms with Crippen molar-refractivity contribution in [1.29, 1.82) is 0 Å². The molecule has 1 aromatic rings. The lowest BCUT2D eigenvalue weighted by molar-refractivity contribution is -0.917. The molecule has 7 nitrogen and oxygen atoms in total. The predicted molar refractivity (Wildman–Crippen MR) is 90.4 cm³/mol.